The maximum Gasteiger partial charge on any atom is 0.150 e. The first-order valence-corrected chi connectivity index (χ1v) is 7.71. The van der Waals surface area contributed by atoms with E-state index in [9.17, 15) is 5.11 Å². The van der Waals surface area contributed by atoms with Gasteiger partial charge < -0.3 is 15.7 Å². The Balaban J connectivity index is 2.06. The Morgan fingerprint density at radius 3 is 2.24 bits per heavy atom. The van der Waals surface area contributed by atoms with Gasteiger partial charge >= 0.3 is 0 Å². The summed E-state index contributed by atoms with van der Waals surface area (Å²) in [6.07, 6.45) is 0. The van der Waals surface area contributed by atoms with E-state index in [-0.39, 0.29) is 0 Å². The number of nitrogen functional groups attached to an aromatic ring is 1. The van der Waals surface area contributed by atoms with Crippen LogP contribution in [0.2, 0.25) is 0 Å². The monoisotopic (exact) mass is 295 g/mol. The first-order valence-electron chi connectivity index (χ1n) is 7.71. The first-order chi connectivity index (χ1) is 9.69. The second-order valence-corrected chi connectivity index (χ2v) is 6.98. The van der Waals surface area contributed by atoms with Gasteiger partial charge in [-0.25, -0.2) is 0 Å². The van der Waals surface area contributed by atoms with Crippen molar-refractivity contribution in [2.75, 3.05) is 43.4 Å². The third-order valence-electron chi connectivity index (χ3n) is 3.91. The minimum Gasteiger partial charge on any atom is -0.394 e. The van der Waals surface area contributed by atoms with E-state index in [4.69, 9.17) is 5.73 Å². The van der Waals surface area contributed by atoms with Crippen molar-refractivity contribution in [2.45, 2.75) is 39.2 Å². The van der Waals surface area contributed by atoms with Gasteiger partial charge in [-0.05, 0) is 19.8 Å². The van der Waals surface area contributed by atoms with Crippen LogP contribution in [0.3, 0.4) is 0 Å². The smallest absolute Gasteiger partial charge is 0.150 e. The van der Waals surface area contributed by atoms with Crippen molar-refractivity contribution in [3.8, 4) is 0 Å². The number of nitrogens with zero attached hydrogens (tertiary/aromatic N) is 4. The fraction of sp³-hybridized carbons (Fsp3) is 0.800. The lowest BCUT2D eigenvalue weighted by atomic mass is 10.1. The predicted octanol–water partition coefficient (Wildman–Crippen LogP) is 1.02. The Labute approximate surface area is 127 Å². The molecule has 0 aliphatic carbocycles. The molecule has 2 rings (SSSR count). The van der Waals surface area contributed by atoms with Crippen molar-refractivity contribution in [3.63, 3.8) is 0 Å². The zero-order chi connectivity index (χ0) is 15.8. The molecule has 6 heteroatoms. The molecule has 2 heterocycles. The Morgan fingerprint density at radius 2 is 1.81 bits per heavy atom. The number of aryl methyl sites for hydroxylation is 1. The Bertz CT molecular complexity index is 481. The quantitative estimate of drug-likeness (QED) is 0.868. The van der Waals surface area contributed by atoms with E-state index in [0.29, 0.717) is 12.5 Å². The van der Waals surface area contributed by atoms with E-state index >= 15 is 0 Å². The minimum absolute atomic E-state index is 0.335. The van der Waals surface area contributed by atoms with E-state index < -0.39 is 5.60 Å². The minimum atomic E-state index is -0.640. The lowest BCUT2D eigenvalue weighted by Gasteiger charge is -2.38. The van der Waals surface area contributed by atoms with Crippen LogP contribution in [0.1, 0.15) is 39.3 Å². The summed E-state index contributed by atoms with van der Waals surface area (Å²) in [4.78, 5) is 4.60. The number of piperazine rings is 1. The number of anilines is 2. The molecule has 1 aliphatic heterocycles. The van der Waals surface area contributed by atoms with Gasteiger partial charge in [0.2, 0.25) is 0 Å². The Morgan fingerprint density at radius 1 is 1.24 bits per heavy atom. The van der Waals surface area contributed by atoms with E-state index in [2.05, 4.69) is 28.7 Å². The highest BCUT2D eigenvalue weighted by Gasteiger charge is 2.26. The molecule has 0 unspecified atom stereocenters. The van der Waals surface area contributed by atoms with Crippen molar-refractivity contribution in [1.29, 1.82) is 0 Å². The molecule has 0 atom stereocenters. The van der Waals surface area contributed by atoms with E-state index in [1.165, 1.54) is 0 Å². The fourth-order valence-corrected chi connectivity index (χ4v) is 3.02. The van der Waals surface area contributed by atoms with Crippen LogP contribution in [-0.4, -0.2) is 58.1 Å². The lowest BCUT2D eigenvalue weighted by Crippen LogP contribution is -2.51. The Kier molecular flexibility index (Phi) is 4.49. The van der Waals surface area contributed by atoms with Crippen molar-refractivity contribution in [3.05, 3.63) is 5.69 Å². The fourth-order valence-electron chi connectivity index (χ4n) is 3.02. The highest BCUT2D eigenvalue weighted by molar-refractivity contribution is 5.67. The molecule has 120 valence electrons. The number of hydrogen-bond donors (Lipinski definition) is 2. The standard InChI is InChI=1S/C15H29N5O/c1-11(2)13-12(16)14(18(5)17-13)20-8-6-19(7-9-20)10-15(3,4)21/h11,21H,6-10,16H2,1-5H3. The van der Waals surface area contributed by atoms with Crippen molar-refractivity contribution >= 4 is 11.5 Å². The van der Waals surface area contributed by atoms with Crippen molar-refractivity contribution in [2.24, 2.45) is 7.05 Å². The number of aromatic nitrogens is 2. The molecule has 1 aliphatic rings. The highest BCUT2D eigenvalue weighted by atomic mass is 16.3. The summed E-state index contributed by atoms with van der Waals surface area (Å²) in [7, 11) is 1.96. The van der Waals surface area contributed by atoms with Gasteiger partial charge in [0.1, 0.15) is 0 Å². The van der Waals surface area contributed by atoms with Crippen LogP contribution >= 0.6 is 0 Å². The summed E-state index contributed by atoms with van der Waals surface area (Å²) in [5.74, 6) is 1.36. The summed E-state index contributed by atoms with van der Waals surface area (Å²) >= 11 is 0. The number of aliphatic hydroxyl groups is 1. The maximum absolute atomic E-state index is 9.92. The topological polar surface area (TPSA) is 70.5 Å². The maximum atomic E-state index is 9.92. The number of hydrogen-bond acceptors (Lipinski definition) is 5. The van der Waals surface area contributed by atoms with Gasteiger partial charge in [-0.2, -0.15) is 5.10 Å². The van der Waals surface area contributed by atoms with Gasteiger partial charge in [-0.3, -0.25) is 9.58 Å². The average molecular weight is 295 g/mol. The van der Waals surface area contributed by atoms with Gasteiger partial charge in [0, 0.05) is 39.8 Å². The molecule has 0 saturated carbocycles. The second kappa shape index (κ2) is 5.85. The van der Waals surface area contributed by atoms with Gasteiger partial charge in [0.15, 0.2) is 5.82 Å². The third kappa shape index (κ3) is 3.68. The number of rotatable bonds is 4. The van der Waals surface area contributed by atoms with Crippen molar-refractivity contribution < 1.29 is 5.11 Å². The molecule has 1 aromatic heterocycles. The lowest BCUT2D eigenvalue weighted by molar-refractivity contribution is 0.0344. The van der Waals surface area contributed by atoms with Crippen LogP contribution < -0.4 is 10.6 Å². The zero-order valence-electron chi connectivity index (χ0n) is 13.9. The zero-order valence-corrected chi connectivity index (χ0v) is 13.9. The van der Waals surface area contributed by atoms with Crippen molar-refractivity contribution in [1.82, 2.24) is 14.7 Å². The largest absolute Gasteiger partial charge is 0.394 e. The molecule has 0 spiro atoms. The molecule has 1 aromatic rings. The van der Waals surface area contributed by atoms with Gasteiger partial charge in [0.05, 0.1) is 17.0 Å². The molecular formula is C15H29N5O. The van der Waals surface area contributed by atoms with E-state index in [1.54, 1.807) is 0 Å². The van der Waals surface area contributed by atoms with Crippen LogP contribution in [0.4, 0.5) is 11.5 Å². The molecule has 0 radical (unpaired) electrons. The molecule has 3 N–H and O–H groups in total. The number of β-amino-alcohol motifs (C(OH)–C–C–N with tert-alkyl or cyclic N) is 1. The summed E-state index contributed by atoms with van der Waals surface area (Å²) < 4.78 is 1.90. The van der Waals surface area contributed by atoms with Crippen LogP contribution in [0, 0.1) is 0 Å². The first kappa shape index (κ1) is 16.1. The van der Waals surface area contributed by atoms with E-state index in [0.717, 1.165) is 43.4 Å². The number of nitrogens with two attached hydrogens (primary N) is 1. The van der Waals surface area contributed by atoms with Crippen LogP contribution in [-0.2, 0) is 7.05 Å². The molecule has 1 fully saturated rings. The molecular weight excluding hydrogens is 266 g/mol. The van der Waals surface area contributed by atoms with Gasteiger partial charge in [0.25, 0.3) is 0 Å². The normalized spacial score (nSPS) is 17.8. The highest BCUT2D eigenvalue weighted by Crippen LogP contribution is 2.31. The van der Waals surface area contributed by atoms with Gasteiger partial charge in [-0.15, -0.1) is 0 Å². The summed E-state index contributed by atoms with van der Waals surface area (Å²) in [5.41, 5.74) is 7.44. The van der Waals surface area contributed by atoms with E-state index in [1.807, 2.05) is 25.6 Å². The SMILES string of the molecule is CC(C)c1nn(C)c(N2CCN(CC(C)(C)O)CC2)c1N. The molecule has 0 amide bonds. The van der Waals surface area contributed by atoms with Gasteiger partial charge in [-0.1, -0.05) is 13.8 Å². The summed E-state index contributed by atoms with van der Waals surface area (Å²) in [6.45, 7) is 12.3. The third-order valence-corrected chi connectivity index (χ3v) is 3.91. The average Bonchev–Trinajstić information content (AvgIpc) is 2.64. The van der Waals surface area contributed by atoms with Crippen LogP contribution in [0.25, 0.3) is 0 Å². The summed E-state index contributed by atoms with van der Waals surface area (Å²) in [6, 6.07) is 0. The predicted molar refractivity (Wildman–Crippen MR) is 86.7 cm³/mol. The molecule has 1 saturated heterocycles. The van der Waals surface area contributed by atoms with Crippen LogP contribution in [0.15, 0.2) is 0 Å². The van der Waals surface area contributed by atoms with Crippen LogP contribution in [0.5, 0.6) is 0 Å². The molecule has 6 nitrogen and oxygen atoms in total. The molecule has 0 aromatic carbocycles. The summed E-state index contributed by atoms with van der Waals surface area (Å²) in [5, 5.41) is 14.5. The molecule has 21 heavy (non-hydrogen) atoms. The second-order valence-electron chi connectivity index (χ2n) is 6.98. The molecule has 0 bridgehead atoms. The Hall–Kier alpha value is -1.27.